The van der Waals surface area contributed by atoms with E-state index >= 15 is 0 Å². The molecule has 102 valence electrons. The maximum atomic E-state index is 11.0. The summed E-state index contributed by atoms with van der Waals surface area (Å²) >= 11 is 0. The number of benzene rings is 1. The van der Waals surface area contributed by atoms with Crippen molar-refractivity contribution >= 4 is 5.97 Å². The van der Waals surface area contributed by atoms with Crippen molar-refractivity contribution < 1.29 is 9.90 Å². The van der Waals surface area contributed by atoms with Crippen LogP contribution in [0.4, 0.5) is 0 Å². The fraction of sp³-hybridized carbons (Fsp3) is 0.562. The molecule has 3 atom stereocenters. The lowest BCUT2D eigenvalue weighted by atomic mass is 9.82. The Morgan fingerprint density at radius 3 is 3.00 bits per heavy atom. The topological polar surface area (TPSA) is 49.3 Å². The van der Waals surface area contributed by atoms with Gasteiger partial charge in [0, 0.05) is 12.6 Å². The number of aryl methyl sites for hydroxylation is 1. The van der Waals surface area contributed by atoms with Gasteiger partial charge in [0.2, 0.25) is 0 Å². The van der Waals surface area contributed by atoms with Crippen molar-refractivity contribution in [2.75, 3.05) is 6.54 Å². The highest BCUT2D eigenvalue weighted by Crippen LogP contribution is 2.35. The summed E-state index contributed by atoms with van der Waals surface area (Å²) in [5.41, 5.74) is 4.22. The minimum absolute atomic E-state index is 0.209. The highest BCUT2D eigenvalue weighted by molar-refractivity contribution is 5.70. The number of hydrogen-bond acceptors (Lipinski definition) is 2. The van der Waals surface area contributed by atoms with Gasteiger partial charge in [-0.05, 0) is 48.3 Å². The number of fused-ring (bicyclic) bond motifs is 1. The summed E-state index contributed by atoms with van der Waals surface area (Å²) in [7, 11) is 0. The lowest BCUT2D eigenvalue weighted by molar-refractivity contribution is -0.141. The van der Waals surface area contributed by atoms with Gasteiger partial charge in [0.15, 0.2) is 0 Å². The van der Waals surface area contributed by atoms with Crippen LogP contribution >= 0.6 is 0 Å². The third kappa shape index (κ3) is 2.39. The van der Waals surface area contributed by atoms with E-state index < -0.39 is 5.97 Å². The summed E-state index contributed by atoms with van der Waals surface area (Å²) in [6.07, 6.45) is 4.46. The van der Waals surface area contributed by atoms with Gasteiger partial charge in [0.05, 0.1) is 5.92 Å². The van der Waals surface area contributed by atoms with Gasteiger partial charge in [-0.2, -0.15) is 0 Å². The zero-order valence-electron chi connectivity index (χ0n) is 11.4. The van der Waals surface area contributed by atoms with Crippen LogP contribution in [0.25, 0.3) is 0 Å². The molecule has 0 radical (unpaired) electrons. The van der Waals surface area contributed by atoms with Crippen molar-refractivity contribution in [2.24, 2.45) is 5.92 Å². The van der Waals surface area contributed by atoms with Crippen LogP contribution in [0.3, 0.4) is 0 Å². The molecule has 2 aliphatic rings. The molecule has 0 amide bonds. The highest BCUT2D eigenvalue weighted by Gasteiger charge is 2.30. The van der Waals surface area contributed by atoms with Crippen molar-refractivity contribution in [3.05, 3.63) is 34.9 Å². The second-order valence-corrected chi connectivity index (χ2v) is 5.98. The van der Waals surface area contributed by atoms with Crippen LogP contribution in [0.5, 0.6) is 0 Å². The number of rotatable bonds is 2. The Bertz CT molecular complexity index is 498. The van der Waals surface area contributed by atoms with E-state index in [0.29, 0.717) is 18.9 Å². The fourth-order valence-corrected chi connectivity index (χ4v) is 3.45. The van der Waals surface area contributed by atoms with E-state index in [-0.39, 0.29) is 12.0 Å². The van der Waals surface area contributed by atoms with Crippen LogP contribution in [-0.4, -0.2) is 17.6 Å². The van der Waals surface area contributed by atoms with E-state index in [4.69, 9.17) is 5.11 Å². The first-order chi connectivity index (χ1) is 9.15. The summed E-state index contributed by atoms with van der Waals surface area (Å²) in [6, 6.07) is 6.94. The molecule has 1 heterocycles. The minimum Gasteiger partial charge on any atom is -0.481 e. The van der Waals surface area contributed by atoms with Crippen molar-refractivity contribution in [2.45, 2.75) is 44.6 Å². The number of carbonyl (C=O) groups is 1. The molecule has 1 aromatic carbocycles. The Kier molecular flexibility index (Phi) is 3.31. The number of aliphatic carboxylic acids is 1. The first kappa shape index (κ1) is 12.7. The Labute approximate surface area is 114 Å². The molecule has 19 heavy (non-hydrogen) atoms. The smallest absolute Gasteiger partial charge is 0.307 e. The molecule has 1 aliphatic carbocycles. The van der Waals surface area contributed by atoms with Gasteiger partial charge in [-0.15, -0.1) is 0 Å². The van der Waals surface area contributed by atoms with Gasteiger partial charge in [0.1, 0.15) is 0 Å². The minimum atomic E-state index is -0.679. The SMILES string of the molecule is CC1CCCc2ccc(C3CC(C(=O)O)CN3)cc21. The standard InChI is InChI=1S/C16H21NO2/c1-10-3-2-4-11-5-6-12(7-14(10)11)15-8-13(9-17-15)16(18)19/h5-7,10,13,15,17H,2-4,8-9H2,1H3,(H,18,19). The Hall–Kier alpha value is -1.35. The maximum absolute atomic E-state index is 11.0. The van der Waals surface area contributed by atoms with E-state index in [9.17, 15) is 4.79 Å². The van der Waals surface area contributed by atoms with Crippen LogP contribution in [0.1, 0.15) is 54.8 Å². The van der Waals surface area contributed by atoms with E-state index in [0.717, 1.165) is 0 Å². The predicted octanol–water partition coefficient (Wildman–Crippen LogP) is 2.86. The van der Waals surface area contributed by atoms with Crippen molar-refractivity contribution in [1.29, 1.82) is 0 Å². The molecule has 1 saturated heterocycles. The molecule has 1 aromatic rings. The average Bonchev–Trinajstić information content (AvgIpc) is 2.89. The zero-order valence-corrected chi connectivity index (χ0v) is 11.4. The molecule has 1 fully saturated rings. The van der Waals surface area contributed by atoms with Crippen molar-refractivity contribution in [3.63, 3.8) is 0 Å². The molecule has 3 heteroatoms. The Morgan fingerprint density at radius 2 is 2.26 bits per heavy atom. The van der Waals surface area contributed by atoms with Gasteiger partial charge in [-0.1, -0.05) is 25.1 Å². The molecule has 3 rings (SSSR count). The Balaban J connectivity index is 1.83. The summed E-state index contributed by atoms with van der Waals surface area (Å²) in [5, 5.41) is 12.4. The lowest BCUT2D eigenvalue weighted by Crippen LogP contribution is -2.17. The van der Waals surface area contributed by atoms with Crippen LogP contribution in [0.15, 0.2) is 18.2 Å². The zero-order chi connectivity index (χ0) is 13.4. The van der Waals surface area contributed by atoms with Gasteiger partial charge in [-0.25, -0.2) is 0 Å². The van der Waals surface area contributed by atoms with E-state index in [1.165, 1.54) is 36.0 Å². The summed E-state index contributed by atoms with van der Waals surface area (Å²) in [6.45, 7) is 2.89. The molecular weight excluding hydrogens is 238 g/mol. The number of carboxylic acids is 1. The van der Waals surface area contributed by atoms with E-state index in [1.807, 2.05) is 0 Å². The number of nitrogens with one attached hydrogen (secondary N) is 1. The first-order valence-corrected chi connectivity index (χ1v) is 7.24. The van der Waals surface area contributed by atoms with E-state index in [2.05, 4.69) is 30.4 Å². The molecular formula is C16H21NO2. The van der Waals surface area contributed by atoms with Crippen molar-refractivity contribution in [1.82, 2.24) is 5.32 Å². The van der Waals surface area contributed by atoms with Crippen LogP contribution in [0.2, 0.25) is 0 Å². The molecule has 0 bridgehead atoms. The molecule has 3 nitrogen and oxygen atoms in total. The quantitative estimate of drug-likeness (QED) is 0.858. The average molecular weight is 259 g/mol. The number of carboxylic acid groups (broad SMARTS) is 1. The first-order valence-electron chi connectivity index (χ1n) is 7.24. The second kappa shape index (κ2) is 4.97. The van der Waals surface area contributed by atoms with Crippen molar-refractivity contribution in [3.8, 4) is 0 Å². The second-order valence-electron chi connectivity index (χ2n) is 5.98. The molecule has 2 N–H and O–H groups in total. The third-order valence-corrected chi connectivity index (χ3v) is 4.67. The van der Waals surface area contributed by atoms with Gasteiger partial charge < -0.3 is 10.4 Å². The van der Waals surface area contributed by atoms with Crippen LogP contribution in [0, 0.1) is 5.92 Å². The highest BCUT2D eigenvalue weighted by atomic mass is 16.4. The summed E-state index contributed by atoms with van der Waals surface area (Å²) in [5.74, 6) is -0.278. The van der Waals surface area contributed by atoms with E-state index in [1.54, 1.807) is 0 Å². The molecule has 0 saturated carbocycles. The molecule has 0 aromatic heterocycles. The molecule has 3 unspecified atom stereocenters. The normalized spacial score (nSPS) is 30.1. The summed E-state index contributed by atoms with van der Waals surface area (Å²) < 4.78 is 0. The molecule has 0 spiro atoms. The largest absolute Gasteiger partial charge is 0.481 e. The third-order valence-electron chi connectivity index (χ3n) is 4.67. The van der Waals surface area contributed by atoms with Crippen LogP contribution in [-0.2, 0) is 11.2 Å². The summed E-state index contributed by atoms with van der Waals surface area (Å²) in [4.78, 5) is 11.0. The molecule has 1 aliphatic heterocycles. The Morgan fingerprint density at radius 1 is 1.42 bits per heavy atom. The van der Waals surface area contributed by atoms with Crippen LogP contribution < -0.4 is 5.32 Å². The predicted molar refractivity (Wildman–Crippen MR) is 74.3 cm³/mol. The van der Waals surface area contributed by atoms with Gasteiger partial charge in [0.25, 0.3) is 0 Å². The maximum Gasteiger partial charge on any atom is 0.307 e. The number of hydrogen-bond donors (Lipinski definition) is 2. The monoisotopic (exact) mass is 259 g/mol. The fourth-order valence-electron chi connectivity index (χ4n) is 3.45. The lowest BCUT2D eigenvalue weighted by Gasteiger charge is -2.24. The van der Waals surface area contributed by atoms with Gasteiger partial charge >= 0.3 is 5.97 Å². The van der Waals surface area contributed by atoms with Gasteiger partial charge in [-0.3, -0.25) is 4.79 Å².